The van der Waals surface area contributed by atoms with E-state index in [-0.39, 0.29) is 5.91 Å². The lowest BCUT2D eigenvalue weighted by molar-refractivity contribution is -0.114. The zero-order chi connectivity index (χ0) is 9.84. The molecule has 3 heteroatoms. The van der Waals surface area contributed by atoms with E-state index in [0.717, 1.165) is 12.1 Å². The van der Waals surface area contributed by atoms with Crippen LogP contribution in [0.1, 0.15) is 19.4 Å². The smallest absolute Gasteiger partial charge is 0.221 e. The summed E-state index contributed by atoms with van der Waals surface area (Å²) in [7, 11) is 0. The number of carbonyl (C=O) groups excluding carboxylic acids is 1. The predicted molar refractivity (Wildman–Crippen MR) is 62.8 cm³/mol. The maximum Gasteiger partial charge on any atom is 0.221 e. The van der Waals surface area contributed by atoms with Gasteiger partial charge in [-0.1, -0.05) is 6.92 Å². The van der Waals surface area contributed by atoms with Crippen molar-refractivity contribution in [1.29, 1.82) is 0 Å². The van der Waals surface area contributed by atoms with Gasteiger partial charge in [0.25, 0.3) is 0 Å². The average molecular weight is 289 g/mol. The molecule has 1 rings (SSSR count). The zero-order valence-corrected chi connectivity index (χ0v) is 9.88. The average Bonchev–Trinajstić information content (AvgIpc) is 2.07. The van der Waals surface area contributed by atoms with Crippen molar-refractivity contribution in [3.05, 3.63) is 27.3 Å². The second kappa shape index (κ2) is 4.60. The van der Waals surface area contributed by atoms with Crippen LogP contribution in [0.5, 0.6) is 0 Å². The van der Waals surface area contributed by atoms with Gasteiger partial charge < -0.3 is 5.32 Å². The zero-order valence-electron chi connectivity index (χ0n) is 7.73. The van der Waals surface area contributed by atoms with Crippen LogP contribution in [0, 0.1) is 3.57 Å². The fraction of sp³-hybridized carbons (Fsp3) is 0.300. The summed E-state index contributed by atoms with van der Waals surface area (Å²) in [5, 5.41) is 2.81. The number of halogens is 1. The minimum absolute atomic E-state index is 0.0177. The van der Waals surface area contributed by atoms with Gasteiger partial charge in [0.1, 0.15) is 0 Å². The van der Waals surface area contributed by atoms with E-state index in [4.69, 9.17) is 0 Å². The quantitative estimate of drug-likeness (QED) is 0.833. The predicted octanol–water partition coefficient (Wildman–Crippen LogP) is 2.81. The summed E-state index contributed by atoms with van der Waals surface area (Å²) in [5.41, 5.74) is 2.11. The van der Waals surface area contributed by atoms with Crippen molar-refractivity contribution in [2.24, 2.45) is 0 Å². The number of anilines is 1. The van der Waals surface area contributed by atoms with E-state index in [2.05, 4.69) is 40.9 Å². The molecule has 0 aromatic heterocycles. The van der Waals surface area contributed by atoms with Crippen LogP contribution in [-0.4, -0.2) is 5.91 Å². The van der Waals surface area contributed by atoms with Crippen LogP contribution in [-0.2, 0) is 11.2 Å². The molecule has 2 nitrogen and oxygen atoms in total. The summed E-state index contributed by atoms with van der Waals surface area (Å²) < 4.78 is 1.20. The van der Waals surface area contributed by atoms with E-state index in [0.29, 0.717) is 0 Å². The van der Waals surface area contributed by atoms with Gasteiger partial charge in [0, 0.05) is 16.2 Å². The van der Waals surface area contributed by atoms with Crippen molar-refractivity contribution in [2.75, 3.05) is 5.32 Å². The molecule has 70 valence electrons. The Morgan fingerprint density at radius 2 is 2.23 bits per heavy atom. The highest BCUT2D eigenvalue weighted by Gasteiger charge is 2.02. The fourth-order valence-corrected chi connectivity index (χ4v) is 1.72. The molecular formula is C10H12INO. The monoisotopic (exact) mass is 289 g/mol. The van der Waals surface area contributed by atoms with Gasteiger partial charge in [0.15, 0.2) is 0 Å². The Morgan fingerprint density at radius 3 is 2.77 bits per heavy atom. The molecule has 0 atom stereocenters. The summed E-state index contributed by atoms with van der Waals surface area (Å²) >= 11 is 2.27. The third-order valence-corrected chi connectivity index (χ3v) is 2.43. The van der Waals surface area contributed by atoms with E-state index in [1.807, 2.05) is 12.1 Å². The van der Waals surface area contributed by atoms with Crippen molar-refractivity contribution in [3.8, 4) is 0 Å². The topological polar surface area (TPSA) is 29.1 Å². The molecule has 0 unspecified atom stereocenters. The second-order valence-electron chi connectivity index (χ2n) is 2.84. The molecule has 1 aromatic carbocycles. The Kier molecular flexibility index (Phi) is 3.71. The minimum atomic E-state index is -0.0177. The first-order valence-corrected chi connectivity index (χ1v) is 5.27. The molecule has 1 amide bonds. The molecule has 0 saturated heterocycles. The van der Waals surface area contributed by atoms with E-state index >= 15 is 0 Å². The molecule has 0 aliphatic heterocycles. The molecule has 1 aromatic rings. The van der Waals surface area contributed by atoms with Gasteiger partial charge >= 0.3 is 0 Å². The number of nitrogens with one attached hydrogen (secondary N) is 1. The molecule has 13 heavy (non-hydrogen) atoms. The molecule has 0 saturated carbocycles. The first-order valence-electron chi connectivity index (χ1n) is 4.19. The Labute approximate surface area is 91.9 Å². The third-order valence-electron chi connectivity index (χ3n) is 1.76. The van der Waals surface area contributed by atoms with Crippen LogP contribution >= 0.6 is 22.6 Å². The summed E-state index contributed by atoms with van der Waals surface area (Å²) in [4.78, 5) is 10.9. The maximum absolute atomic E-state index is 10.9. The van der Waals surface area contributed by atoms with Gasteiger partial charge in [-0.3, -0.25) is 4.79 Å². The van der Waals surface area contributed by atoms with E-state index in [9.17, 15) is 4.79 Å². The fourth-order valence-electron chi connectivity index (χ4n) is 1.17. The molecule has 0 fully saturated rings. The standard InChI is InChI=1S/C10H12INO/c1-3-8-6-9(11)4-5-10(8)12-7(2)13/h4-6H,3H2,1-2H3,(H,12,13). The number of benzene rings is 1. The van der Waals surface area contributed by atoms with Gasteiger partial charge in [0.2, 0.25) is 5.91 Å². The number of hydrogen-bond donors (Lipinski definition) is 1. The van der Waals surface area contributed by atoms with Gasteiger partial charge in [-0.15, -0.1) is 0 Å². The summed E-state index contributed by atoms with van der Waals surface area (Å²) in [6.07, 6.45) is 0.937. The van der Waals surface area contributed by atoms with Crippen molar-refractivity contribution in [3.63, 3.8) is 0 Å². The van der Waals surface area contributed by atoms with Crippen LogP contribution in [0.25, 0.3) is 0 Å². The molecule has 0 spiro atoms. The lowest BCUT2D eigenvalue weighted by Gasteiger charge is -2.08. The lowest BCUT2D eigenvalue weighted by atomic mass is 10.1. The molecule has 0 bridgehead atoms. The highest BCUT2D eigenvalue weighted by atomic mass is 127. The van der Waals surface area contributed by atoms with Crippen molar-refractivity contribution < 1.29 is 4.79 Å². The van der Waals surface area contributed by atoms with Crippen molar-refractivity contribution in [1.82, 2.24) is 0 Å². The first kappa shape index (κ1) is 10.5. The van der Waals surface area contributed by atoms with Crippen LogP contribution in [0.2, 0.25) is 0 Å². The van der Waals surface area contributed by atoms with E-state index in [1.165, 1.54) is 16.1 Å². The molecule has 1 N–H and O–H groups in total. The van der Waals surface area contributed by atoms with Crippen molar-refractivity contribution >= 4 is 34.2 Å². The molecule has 0 aliphatic rings. The van der Waals surface area contributed by atoms with E-state index < -0.39 is 0 Å². The number of aryl methyl sites for hydroxylation is 1. The summed E-state index contributed by atoms with van der Waals surface area (Å²) in [5.74, 6) is -0.0177. The summed E-state index contributed by atoms with van der Waals surface area (Å²) in [6.45, 7) is 3.61. The van der Waals surface area contributed by atoms with Gasteiger partial charge in [-0.25, -0.2) is 0 Å². The third kappa shape index (κ3) is 2.99. The van der Waals surface area contributed by atoms with E-state index in [1.54, 1.807) is 0 Å². The van der Waals surface area contributed by atoms with Crippen LogP contribution in [0.4, 0.5) is 5.69 Å². The number of rotatable bonds is 2. The summed E-state index contributed by atoms with van der Waals surface area (Å²) in [6, 6.07) is 6.03. The van der Waals surface area contributed by atoms with Gasteiger partial charge in [-0.05, 0) is 52.8 Å². The van der Waals surface area contributed by atoms with Gasteiger partial charge in [-0.2, -0.15) is 0 Å². The highest BCUT2D eigenvalue weighted by Crippen LogP contribution is 2.19. The van der Waals surface area contributed by atoms with Gasteiger partial charge in [0.05, 0.1) is 0 Å². The molecule has 0 radical (unpaired) electrons. The maximum atomic E-state index is 10.9. The lowest BCUT2D eigenvalue weighted by Crippen LogP contribution is -2.07. The Balaban J connectivity index is 2.99. The molecule has 0 aliphatic carbocycles. The normalized spacial score (nSPS) is 9.77. The van der Waals surface area contributed by atoms with Crippen molar-refractivity contribution in [2.45, 2.75) is 20.3 Å². The Morgan fingerprint density at radius 1 is 1.54 bits per heavy atom. The van der Waals surface area contributed by atoms with Crippen LogP contribution < -0.4 is 5.32 Å². The Bertz CT molecular complexity index is 323. The molecular weight excluding hydrogens is 277 g/mol. The largest absolute Gasteiger partial charge is 0.326 e. The highest BCUT2D eigenvalue weighted by molar-refractivity contribution is 14.1. The molecule has 0 heterocycles. The Hall–Kier alpha value is -0.580. The minimum Gasteiger partial charge on any atom is -0.326 e. The number of hydrogen-bond acceptors (Lipinski definition) is 1. The number of carbonyl (C=O) groups is 1. The second-order valence-corrected chi connectivity index (χ2v) is 4.08. The van der Waals surface area contributed by atoms with Crippen LogP contribution in [0.15, 0.2) is 18.2 Å². The van der Waals surface area contributed by atoms with Crippen LogP contribution in [0.3, 0.4) is 0 Å². The first-order chi connectivity index (χ1) is 6.13. The SMILES string of the molecule is CCc1cc(I)ccc1NC(C)=O. The number of amides is 1.